The molecule has 0 aliphatic carbocycles. The lowest BCUT2D eigenvalue weighted by Gasteiger charge is -2.17. The molecule has 0 saturated heterocycles. The Balaban J connectivity index is 2.88. The molecule has 0 aromatic carbocycles. The third kappa shape index (κ3) is 1.44. The van der Waals surface area contributed by atoms with Gasteiger partial charge in [-0.2, -0.15) is 9.38 Å². The van der Waals surface area contributed by atoms with Crippen molar-refractivity contribution >= 4 is 28.7 Å². The summed E-state index contributed by atoms with van der Waals surface area (Å²) in [4.78, 5) is 4.42. The molecule has 1 heterocycles. The fraction of sp³-hybridized carbons (Fsp3) is 0.400. The number of aliphatic imine (C=N–C) groups is 1. The van der Waals surface area contributed by atoms with E-state index in [1.165, 1.54) is 7.05 Å². The molecule has 1 rings (SSSR count). The molecular weight excluding hydrogens is 253 g/mol. The van der Waals surface area contributed by atoms with Crippen LogP contribution in [0.1, 0.15) is 0 Å². The minimum atomic E-state index is -0.634. The van der Waals surface area contributed by atoms with Crippen molar-refractivity contribution in [2.24, 2.45) is 4.99 Å². The van der Waals surface area contributed by atoms with Gasteiger partial charge in [0.1, 0.15) is 3.70 Å². The van der Waals surface area contributed by atoms with Crippen molar-refractivity contribution < 1.29 is 8.78 Å². The van der Waals surface area contributed by atoms with Crippen LogP contribution in [0.2, 0.25) is 0 Å². The number of nitrogens with zero attached hydrogens (tertiary/aromatic N) is 2. The van der Waals surface area contributed by atoms with Gasteiger partial charge < -0.3 is 4.90 Å². The summed E-state index contributed by atoms with van der Waals surface area (Å²) in [6, 6.07) is 0. The van der Waals surface area contributed by atoms with E-state index in [9.17, 15) is 8.78 Å². The fourth-order valence-corrected chi connectivity index (χ4v) is 0.935. The van der Waals surface area contributed by atoms with Crippen molar-refractivity contribution in [3.8, 4) is 0 Å². The molecule has 0 aromatic heterocycles. The predicted molar refractivity (Wildman–Crippen MR) is 43.3 cm³/mol. The molecule has 0 atom stereocenters. The van der Waals surface area contributed by atoms with Crippen LogP contribution in [0.25, 0.3) is 0 Å². The first kappa shape index (κ1) is 7.90. The van der Waals surface area contributed by atoms with Crippen LogP contribution in [-0.2, 0) is 0 Å². The SMILES string of the molecule is CN1CC(F)=C(I)N=C1F. The molecule has 0 spiro atoms. The van der Waals surface area contributed by atoms with E-state index < -0.39 is 6.09 Å². The summed E-state index contributed by atoms with van der Waals surface area (Å²) in [5.74, 6) is -0.385. The molecule has 2 nitrogen and oxygen atoms in total. The van der Waals surface area contributed by atoms with E-state index in [1.807, 2.05) is 0 Å². The molecule has 10 heavy (non-hydrogen) atoms. The van der Waals surface area contributed by atoms with Gasteiger partial charge in [-0.1, -0.05) is 0 Å². The Morgan fingerprint density at radius 2 is 2.20 bits per heavy atom. The van der Waals surface area contributed by atoms with Gasteiger partial charge in [0, 0.05) is 7.05 Å². The minimum Gasteiger partial charge on any atom is -0.329 e. The molecule has 1 aliphatic heterocycles. The van der Waals surface area contributed by atoms with E-state index in [0.717, 1.165) is 4.90 Å². The molecule has 1 aliphatic rings. The maximum Gasteiger partial charge on any atom is 0.286 e. The highest BCUT2D eigenvalue weighted by Gasteiger charge is 2.16. The number of amidine groups is 1. The molecule has 0 fully saturated rings. The van der Waals surface area contributed by atoms with Gasteiger partial charge in [0.05, 0.1) is 6.54 Å². The quantitative estimate of drug-likeness (QED) is 0.478. The van der Waals surface area contributed by atoms with Gasteiger partial charge in [0.25, 0.3) is 6.09 Å². The van der Waals surface area contributed by atoms with Gasteiger partial charge in [-0.05, 0) is 22.6 Å². The van der Waals surface area contributed by atoms with Crippen LogP contribution < -0.4 is 0 Å². The second-order valence-corrected chi connectivity index (χ2v) is 2.95. The average Bonchev–Trinajstić information content (AvgIpc) is 1.84. The number of likely N-dealkylation sites (N-methyl/N-ethyl adjacent to an activating group) is 1. The van der Waals surface area contributed by atoms with Crippen molar-refractivity contribution in [3.05, 3.63) is 9.53 Å². The van der Waals surface area contributed by atoms with Gasteiger partial charge in [0.2, 0.25) is 0 Å². The largest absolute Gasteiger partial charge is 0.329 e. The zero-order chi connectivity index (χ0) is 7.72. The first-order valence-corrected chi connectivity index (χ1v) is 3.68. The topological polar surface area (TPSA) is 15.6 Å². The predicted octanol–water partition coefficient (Wildman–Crippen LogP) is 1.83. The fourth-order valence-electron chi connectivity index (χ4n) is 0.566. The average molecular weight is 258 g/mol. The van der Waals surface area contributed by atoms with Crippen molar-refractivity contribution in [1.29, 1.82) is 0 Å². The highest BCUT2D eigenvalue weighted by molar-refractivity contribution is 14.1. The number of halogens is 3. The van der Waals surface area contributed by atoms with E-state index in [4.69, 9.17) is 0 Å². The van der Waals surface area contributed by atoms with Crippen LogP contribution in [0, 0.1) is 0 Å². The Kier molecular flexibility index (Phi) is 2.22. The van der Waals surface area contributed by atoms with Gasteiger partial charge >= 0.3 is 0 Å². The second-order valence-electron chi connectivity index (χ2n) is 1.93. The van der Waals surface area contributed by atoms with E-state index in [0.29, 0.717) is 0 Å². The maximum atomic E-state index is 12.6. The second kappa shape index (κ2) is 2.81. The molecule has 0 N–H and O–H groups in total. The van der Waals surface area contributed by atoms with Crippen LogP contribution in [0.4, 0.5) is 8.78 Å². The highest BCUT2D eigenvalue weighted by atomic mass is 127. The van der Waals surface area contributed by atoms with E-state index >= 15 is 0 Å². The van der Waals surface area contributed by atoms with E-state index in [2.05, 4.69) is 4.99 Å². The van der Waals surface area contributed by atoms with Crippen molar-refractivity contribution in [1.82, 2.24) is 4.90 Å². The van der Waals surface area contributed by atoms with E-state index in [1.54, 1.807) is 22.6 Å². The molecule has 0 bridgehead atoms. The number of rotatable bonds is 0. The Morgan fingerprint density at radius 1 is 1.60 bits per heavy atom. The number of hydrogen-bond acceptors (Lipinski definition) is 2. The maximum absolute atomic E-state index is 12.6. The van der Waals surface area contributed by atoms with Crippen LogP contribution in [-0.4, -0.2) is 24.6 Å². The molecule has 0 radical (unpaired) electrons. The zero-order valence-corrected chi connectivity index (χ0v) is 7.39. The van der Waals surface area contributed by atoms with Gasteiger partial charge in [-0.25, -0.2) is 4.39 Å². The summed E-state index contributed by atoms with van der Waals surface area (Å²) < 4.78 is 25.1. The van der Waals surface area contributed by atoms with Crippen LogP contribution in [0.3, 0.4) is 0 Å². The number of hydrogen-bond donors (Lipinski definition) is 0. The summed E-state index contributed by atoms with van der Waals surface area (Å²) in [7, 11) is 1.45. The van der Waals surface area contributed by atoms with Crippen molar-refractivity contribution in [2.75, 3.05) is 13.6 Å². The minimum absolute atomic E-state index is 0.0202. The smallest absolute Gasteiger partial charge is 0.286 e. The van der Waals surface area contributed by atoms with Gasteiger partial charge in [-0.15, -0.1) is 0 Å². The molecule has 0 unspecified atom stereocenters. The van der Waals surface area contributed by atoms with Crippen molar-refractivity contribution in [2.45, 2.75) is 0 Å². The standard InChI is InChI=1S/C5H5F2IN2/c1-10-2-3(6)4(8)9-5(10)7/h2H2,1H3. The van der Waals surface area contributed by atoms with Crippen LogP contribution >= 0.6 is 22.6 Å². The zero-order valence-electron chi connectivity index (χ0n) is 5.24. The van der Waals surface area contributed by atoms with E-state index in [-0.39, 0.29) is 16.1 Å². The van der Waals surface area contributed by atoms with Gasteiger partial charge in [0.15, 0.2) is 5.83 Å². The normalized spacial score (nSPS) is 19.6. The lowest BCUT2D eigenvalue weighted by atomic mass is 10.5. The molecule has 0 saturated carbocycles. The summed E-state index contributed by atoms with van der Waals surface area (Å²) in [5.41, 5.74) is 0. The molecular formula is C5H5F2IN2. The monoisotopic (exact) mass is 258 g/mol. The third-order valence-electron chi connectivity index (χ3n) is 1.11. The summed E-state index contributed by atoms with van der Waals surface area (Å²) in [6.45, 7) is -0.0202. The summed E-state index contributed by atoms with van der Waals surface area (Å²) in [5, 5.41) is 0. The first-order chi connectivity index (χ1) is 4.61. The first-order valence-electron chi connectivity index (χ1n) is 2.60. The molecule has 56 valence electrons. The highest BCUT2D eigenvalue weighted by Crippen LogP contribution is 2.21. The third-order valence-corrected chi connectivity index (χ3v) is 1.93. The Morgan fingerprint density at radius 3 is 2.70 bits per heavy atom. The molecule has 0 amide bonds. The van der Waals surface area contributed by atoms with Crippen LogP contribution in [0.15, 0.2) is 14.5 Å². The molecule has 5 heteroatoms. The lowest BCUT2D eigenvalue weighted by Crippen LogP contribution is -2.27. The lowest BCUT2D eigenvalue weighted by molar-refractivity contribution is 0.419. The Hall–Kier alpha value is -0.200. The van der Waals surface area contributed by atoms with Crippen molar-refractivity contribution in [3.63, 3.8) is 0 Å². The van der Waals surface area contributed by atoms with Gasteiger partial charge in [-0.3, -0.25) is 0 Å². The van der Waals surface area contributed by atoms with Crippen LogP contribution in [0.5, 0.6) is 0 Å². The molecule has 0 aromatic rings. The Labute approximate surface area is 70.8 Å². The summed E-state index contributed by atoms with van der Waals surface area (Å²) >= 11 is 1.66. The Bertz CT molecular complexity index is 212. The summed E-state index contributed by atoms with van der Waals surface area (Å²) in [6.07, 6.45) is -0.634.